The van der Waals surface area contributed by atoms with Gasteiger partial charge in [-0.15, -0.1) is 0 Å². The zero-order valence-corrected chi connectivity index (χ0v) is 15.9. The van der Waals surface area contributed by atoms with Crippen molar-refractivity contribution < 1.29 is 4.79 Å². The summed E-state index contributed by atoms with van der Waals surface area (Å²) in [6.45, 7) is 1.79. The van der Waals surface area contributed by atoms with Crippen LogP contribution in [0.2, 0.25) is 5.02 Å². The minimum atomic E-state index is -0.370. The highest BCUT2D eigenvalue weighted by atomic mass is 35.5. The molecule has 5 nitrogen and oxygen atoms in total. The van der Waals surface area contributed by atoms with Crippen LogP contribution in [0.5, 0.6) is 0 Å². The van der Waals surface area contributed by atoms with Gasteiger partial charge < -0.3 is 0 Å². The summed E-state index contributed by atoms with van der Waals surface area (Å²) in [6, 6.07) is 23.1. The predicted octanol–water partition coefficient (Wildman–Crippen LogP) is 5.04. The van der Waals surface area contributed by atoms with Gasteiger partial charge in [-0.2, -0.15) is 10.2 Å². The molecule has 1 aromatic heterocycles. The first-order valence-corrected chi connectivity index (χ1v) is 9.14. The molecule has 1 amide bonds. The molecular formula is C22H17ClN4O. The number of aromatic amines is 1. The smallest absolute Gasteiger partial charge is 0.272 e. The summed E-state index contributed by atoms with van der Waals surface area (Å²) in [5.41, 5.74) is 5.93. The van der Waals surface area contributed by atoms with Gasteiger partial charge in [0, 0.05) is 16.1 Å². The molecule has 4 rings (SSSR count). The van der Waals surface area contributed by atoms with E-state index in [2.05, 4.69) is 20.7 Å². The summed E-state index contributed by atoms with van der Waals surface area (Å²) in [6.07, 6.45) is 0. The maximum Gasteiger partial charge on any atom is 0.289 e. The Morgan fingerprint density at radius 3 is 2.64 bits per heavy atom. The number of hydrazone groups is 1. The van der Waals surface area contributed by atoms with Gasteiger partial charge in [-0.3, -0.25) is 9.89 Å². The van der Waals surface area contributed by atoms with Crippen LogP contribution >= 0.6 is 11.6 Å². The van der Waals surface area contributed by atoms with Crippen LogP contribution in [-0.4, -0.2) is 21.8 Å². The molecular weight excluding hydrogens is 372 g/mol. The molecule has 0 aliphatic rings. The van der Waals surface area contributed by atoms with Crippen molar-refractivity contribution in [2.45, 2.75) is 6.92 Å². The molecule has 0 saturated carbocycles. The van der Waals surface area contributed by atoms with Crippen LogP contribution in [0.1, 0.15) is 23.0 Å². The number of hydrogen-bond donors (Lipinski definition) is 2. The number of carbonyl (C=O) groups excluding carboxylic acids is 1. The Balaban J connectivity index is 1.57. The number of rotatable bonds is 4. The van der Waals surface area contributed by atoms with Crippen LogP contribution in [0, 0.1) is 0 Å². The van der Waals surface area contributed by atoms with Crippen LogP contribution in [-0.2, 0) is 0 Å². The lowest BCUT2D eigenvalue weighted by atomic mass is 10.0. The number of carbonyl (C=O) groups is 1. The van der Waals surface area contributed by atoms with Crippen LogP contribution in [0.3, 0.4) is 0 Å². The fourth-order valence-corrected chi connectivity index (χ4v) is 3.31. The van der Waals surface area contributed by atoms with Crippen molar-refractivity contribution in [3.8, 4) is 11.3 Å². The van der Waals surface area contributed by atoms with Crippen LogP contribution in [0.4, 0.5) is 0 Å². The molecule has 6 heteroatoms. The van der Waals surface area contributed by atoms with E-state index < -0.39 is 0 Å². The number of aromatic nitrogens is 2. The Hall–Kier alpha value is -3.44. The Morgan fingerprint density at radius 2 is 1.79 bits per heavy atom. The van der Waals surface area contributed by atoms with Crippen LogP contribution in [0.25, 0.3) is 22.0 Å². The lowest BCUT2D eigenvalue weighted by molar-refractivity contribution is 0.0950. The van der Waals surface area contributed by atoms with Crippen molar-refractivity contribution in [2.24, 2.45) is 5.10 Å². The normalized spacial score (nSPS) is 11.6. The molecule has 2 N–H and O–H groups in total. The van der Waals surface area contributed by atoms with E-state index in [1.807, 2.05) is 60.7 Å². The molecule has 0 bridgehead atoms. The van der Waals surface area contributed by atoms with Crippen molar-refractivity contribution in [3.63, 3.8) is 0 Å². The second-order valence-corrected chi connectivity index (χ2v) is 6.72. The van der Waals surface area contributed by atoms with E-state index >= 15 is 0 Å². The number of benzene rings is 3. The maximum atomic E-state index is 12.5. The molecule has 28 heavy (non-hydrogen) atoms. The van der Waals surface area contributed by atoms with Gasteiger partial charge >= 0.3 is 0 Å². The monoisotopic (exact) mass is 388 g/mol. The molecule has 0 fully saturated rings. The zero-order valence-electron chi connectivity index (χ0n) is 15.1. The number of nitrogens with one attached hydrogen (secondary N) is 2. The molecule has 0 spiro atoms. The van der Waals surface area contributed by atoms with Crippen LogP contribution < -0.4 is 5.43 Å². The third kappa shape index (κ3) is 3.52. The van der Waals surface area contributed by atoms with Crippen LogP contribution in [0.15, 0.2) is 77.9 Å². The Labute approximate surface area is 167 Å². The quantitative estimate of drug-likeness (QED) is 0.380. The van der Waals surface area contributed by atoms with Crippen molar-refractivity contribution in [2.75, 3.05) is 0 Å². The molecule has 138 valence electrons. The number of amides is 1. The molecule has 0 unspecified atom stereocenters. The topological polar surface area (TPSA) is 70.1 Å². The van der Waals surface area contributed by atoms with Crippen molar-refractivity contribution in [1.82, 2.24) is 15.6 Å². The molecule has 0 aliphatic heterocycles. The average molecular weight is 389 g/mol. The van der Waals surface area contributed by atoms with Gasteiger partial charge in [-0.05, 0) is 29.8 Å². The number of fused-ring (bicyclic) bond motifs is 1. The number of nitrogens with zero attached hydrogens (tertiary/aromatic N) is 2. The Morgan fingerprint density at radius 1 is 1.04 bits per heavy atom. The highest BCUT2D eigenvalue weighted by Crippen LogP contribution is 2.27. The Bertz CT molecular complexity index is 1190. The zero-order chi connectivity index (χ0) is 19.5. The summed E-state index contributed by atoms with van der Waals surface area (Å²) in [4.78, 5) is 12.5. The first-order valence-electron chi connectivity index (χ1n) is 8.76. The fraction of sp³-hybridized carbons (Fsp3) is 0.0455. The second-order valence-electron chi connectivity index (χ2n) is 6.31. The third-order valence-electron chi connectivity index (χ3n) is 4.48. The van der Waals surface area contributed by atoms with E-state index in [0.717, 1.165) is 21.9 Å². The summed E-state index contributed by atoms with van der Waals surface area (Å²) in [5.74, 6) is -0.370. The minimum Gasteiger partial charge on any atom is -0.272 e. The maximum absolute atomic E-state index is 12.5. The number of halogens is 1. The summed E-state index contributed by atoms with van der Waals surface area (Å²) in [5, 5.41) is 14.0. The van der Waals surface area contributed by atoms with E-state index in [1.165, 1.54) is 0 Å². The SMILES string of the molecule is CC(=NNC(=O)c1cc(-c2cccc3ccccc23)n[nH]1)c1ccccc1Cl. The van der Waals surface area contributed by atoms with Gasteiger partial charge in [0.05, 0.1) is 11.4 Å². The van der Waals surface area contributed by atoms with Gasteiger partial charge in [0.15, 0.2) is 0 Å². The van der Waals surface area contributed by atoms with E-state index in [9.17, 15) is 4.79 Å². The lowest BCUT2D eigenvalue weighted by Crippen LogP contribution is -2.19. The summed E-state index contributed by atoms with van der Waals surface area (Å²) in [7, 11) is 0. The lowest BCUT2D eigenvalue weighted by Gasteiger charge is -2.04. The average Bonchev–Trinajstić information content (AvgIpc) is 3.22. The standard InChI is InChI=1S/C22H17ClN4O/c1-14(16-9-4-5-12-19(16)23)24-27-22(28)21-13-20(25-26-21)18-11-6-8-15-7-2-3-10-17(15)18/h2-13H,1H3,(H,25,26)(H,27,28). The van der Waals surface area contributed by atoms with Crippen molar-refractivity contribution in [3.05, 3.63) is 89.1 Å². The molecule has 0 aliphatic carbocycles. The highest BCUT2D eigenvalue weighted by molar-refractivity contribution is 6.34. The predicted molar refractivity (Wildman–Crippen MR) is 113 cm³/mol. The largest absolute Gasteiger partial charge is 0.289 e. The highest BCUT2D eigenvalue weighted by Gasteiger charge is 2.13. The Kier molecular flexibility index (Phi) is 4.91. The van der Waals surface area contributed by atoms with Gasteiger partial charge in [0.25, 0.3) is 5.91 Å². The molecule has 3 aromatic carbocycles. The second kappa shape index (κ2) is 7.66. The number of H-pyrrole nitrogens is 1. The van der Waals surface area contributed by atoms with Gasteiger partial charge in [0.1, 0.15) is 5.69 Å². The van der Waals surface area contributed by atoms with E-state index in [-0.39, 0.29) is 5.91 Å². The first-order chi connectivity index (χ1) is 13.6. The fourth-order valence-electron chi connectivity index (χ4n) is 3.03. The first kappa shape index (κ1) is 17.9. The molecule has 0 saturated heterocycles. The van der Waals surface area contributed by atoms with Gasteiger partial charge in [-0.1, -0.05) is 72.3 Å². The number of hydrogen-bond acceptors (Lipinski definition) is 3. The molecule has 4 aromatic rings. The minimum absolute atomic E-state index is 0.332. The third-order valence-corrected chi connectivity index (χ3v) is 4.81. The van der Waals surface area contributed by atoms with E-state index in [0.29, 0.717) is 22.1 Å². The molecule has 1 heterocycles. The summed E-state index contributed by atoms with van der Waals surface area (Å²) >= 11 is 6.16. The van der Waals surface area contributed by atoms with E-state index in [1.54, 1.807) is 19.1 Å². The summed E-state index contributed by atoms with van der Waals surface area (Å²) < 4.78 is 0. The van der Waals surface area contributed by atoms with Crippen molar-refractivity contribution in [1.29, 1.82) is 0 Å². The van der Waals surface area contributed by atoms with Gasteiger partial charge in [0.2, 0.25) is 0 Å². The van der Waals surface area contributed by atoms with E-state index in [4.69, 9.17) is 11.6 Å². The van der Waals surface area contributed by atoms with Gasteiger partial charge in [-0.25, -0.2) is 5.43 Å². The van der Waals surface area contributed by atoms with Crippen molar-refractivity contribution >= 4 is 34.0 Å². The molecule has 0 atom stereocenters. The molecule has 0 radical (unpaired) electrons.